The molecule has 1 aromatic heterocycles. The summed E-state index contributed by atoms with van der Waals surface area (Å²) in [5.41, 5.74) is 0.510. The van der Waals surface area contributed by atoms with Crippen LogP contribution in [0.25, 0.3) is 0 Å². The zero-order chi connectivity index (χ0) is 13.1. The predicted molar refractivity (Wildman–Crippen MR) is 73.5 cm³/mol. The molecule has 0 radical (unpaired) electrons. The Kier molecular flexibility index (Phi) is 4.05. The fourth-order valence-corrected chi connectivity index (χ4v) is 2.09. The van der Waals surface area contributed by atoms with Crippen molar-refractivity contribution in [2.45, 2.75) is 6.42 Å². The number of anilines is 1. The molecule has 18 heavy (non-hydrogen) atoms. The van der Waals surface area contributed by atoms with Crippen LogP contribution in [-0.2, 0) is 6.42 Å². The largest absolute Gasteiger partial charge is 0.372 e. The van der Waals surface area contributed by atoms with Gasteiger partial charge in [-0.3, -0.25) is 0 Å². The molecule has 0 atom stereocenters. The zero-order valence-electron chi connectivity index (χ0n) is 9.54. The molecule has 6 heteroatoms. The zero-order valence-corrected chi connectivity index (χ0v) is 11.7. The third-order valence-corrected chi connectivity index (χ3v) is 3.10. The lowest BCUT2D eigenvalue weighted by molar-refractivity contribution is 0.580. The Hall–Kier alpha value is -1.31. The first-order chi connectivity index (χ1) is 8.58. The highest BCUT2D eigenvalue weighted by Gasteiger charge is 2.06. The molecule has 0 saturated carbocycles. The van der Waals surface area contributed by atoms with E-state index in [0.29, 0.717) is 23.6 Å². The number of nitrogens with zero attached hydrogens (tertiary/aromatic N) is 2. The molecule has 0 aliphatic rings. The molecule has 1 N–H and O–H groups in total. The topological polar surface area (TPSA) is 37.8 Å². The Morgan fingerprint density at radius 3 is 2.50 bits per heavy atom. The van der Waals surface area contributed by atoms with Gasteiger partial charge in [0.1, 0.15) is 23.3 Å². The van der Waals surface area contributed by atoms with Crippen LogP contribution in [0.3, 0.4) is 0 Å². The molecule has 0 unspecified atom stereocenters. The number of rotatable bonds is 3. The highest BCUT2D eigenvalue weighted by atomic mass is 127. The molecule has 0 fully saturated rings. The molecule has 2 aromatic rings. The van der Waals surface area contributed by atoms with Gasteiger partial charge in [-0.15, -0.1) is 0 Å². The number of aromatic nitrogens is 2. The molecule has 0 amide bonds. The van der Waals surface area contributed by atoms with E-state index in [0.717, 1.165) is 9.64 Å². The maximum atomic E-state index is 13.0. The van der Waals surface area contributed by atoms with Gasteiger partial charge in [0.2, 0.25) is 0 Å². The van der Waals surface area contributed by atoms with E-state index in [4.69, 9.17) is 0 Å². The lowest BCUT2D eigenvalue weighted by Gasteiger charge is -2.06. The van der Waals surface area contributed by atoms with Crippen LogP contribution in [0.15, 0.2) is 24.4 Å². The van der Waals surface area contributed by atoms with E-state index in [2.05, 4.69) is 37.9 Å². The molecule has 94 valence electrons. The van der Waals surface area contributed by atoms with Gasteiger partial charge in [0.15, 0.2) is 0 Å². The summed E-state index contributed by atoms with van der Waals surface area (Å²) in [4.78, 5) is 8.41. The number of nitrogens with one attached hydrogen (secondary N) is 1. The highest BCUT2D eigenvalue weighted by molar-refractivity contribution is 14.1. The van der Waals surface area contributed by atoms with E-state index in [9.17, 15) is 8.78 Å². The second-order valence-electron chi connectivity index (χ2n) is 3.69. The van der Waals surface area contributed by atoms with Crippen molar-refractivity contribution in [1.82, 2.24) is 9.97 Å². The van der Waals surface area contributed by atoms with E-state index in [1.54, 1.807) is 13.2 Å². The summed E-state index contributed by atoms with van der Waals surface area (Å²) < 4.78 is 27.0. The lowest BCUT2D eigenvalue weighted by atomic mass is 10.1. The number of hydrogen-bond donors (Lipinski definition) is 1. The summed E-state index contributed by atoms with van der Waals surface area (Å²) in [7, 11) is 1.76. The normalized spacial score (nSPS) is 10.4. The Morgan fingerprint density at radius 2 is 1.89 bits per heavy atom. The van der Waals surface area contributed by atoms with E-state index >= 15 is 0 Å². The smallest absolute Gasteiger partial charge is 0.142 e. The average Bonchev–Trinajstić information content (AvgIpc) is 2.30. The van der Waals surface area contributed by atoms with Crippen LogP contribution in [0.2, 0.25) is 0 Å². The van der Waals surface area contributed by atoms with Gasteiger partial charge in [-0.1, -0.05) is 0 Å². The molecular weight excluding hydrogens is 351 g/mol. The Labute approximate surface area is 117 Å². The average molecular weight is 361 g/mol. The van der Waals surface area contributed by atoms with Crippen molar-refractivity contribution in [3.05, 3.63) is 51.0 Å². The van der Waals surface area contributed by atoms with Crippen LogP contribution in [0, 0.1) is 15.2 Å². The quantitative estimate of drug-likeness (QED) is 0.855. The number of benzene rings is 1. The maximum Gasteiger partial charge on any atom is 0.142 e. The monoisotopic (exact) mass is 361 g/mol. The second-order valence-corrected chi connectivity index (χ2v) is 4.85. The molecule has 0 bridgehead atoms. The van der Waals surface area contributed by atoms with E-state index in [1.165, 1.54) is 12.1 Å². The molecule has 0 spiro atoms. The predicted octanol–water partition coefficient (Wildman–Crippen LogP) is 2.99. The SMILES string of the molecule is CNc1nc(Cc2cc(F)cc(F)c2)ncc1I. The molecule has 3 nitrogen and oxygen atoms in total. The van der Waals surface area contributed by atoms with Crippen LogP contribution in [-0.4, -0.2) is 17.0 Å². The highest BCUT2D eigenvalue weighted by Crippen LogP contribution is 2.16. The van der Waals surface area contributed by atoms with Gasteiger partial charge in [-0.2, -0.15) is 0 Å². The molecule has 2 rings (SSSR count). The van der Waals surface area contributed by atoms with Gasteiger partial charge >= 0.3 is 0 Å². The first-order valence-corrected chi connectivity index (χ1v) is 6.30. The van der Waals surface area contributed by atoms with Gasteiger partial charge in [-0.25, -0.2) is 18.7 Å². The minimum Gasteiger partial charge on any atom is -0.372 e. The Morgan fingerprint density at radius 1 is 1.22 bits per heavy atom. The standard InChI is InChI=1S/C12H10F2IN3/c1-16-12-10(15)6-17-11(18-12)4-7-2-8(13)5-9(14)3-7/h2-3,5-6H,4H2,1H3,(H,16,17,18). The second kappa shape index (κ2) is 5.55. The van der Waals surface area contributed by atoms with Crippen molar-refractivity contribution in [3.8, 4) is 0 Å². The van der Waals surface area contributed by atoms with Crippen molar-refractivity contribution >= 4 is 28.4 Å². The van der Waals surface area contributed by atoms with E-state index in [1.807, 2.05) is 0 Å². The summed E-state index contributed by atoms with van der Waals surface area (Å²) in [6, 6.07) is 3.41. The van der Waals surface area contributed by atoms with Crippen LogP contribution in [0.5, 0.6) is 0 Å². The first kappa shape index (κ1) is 13.1. The van der Waals surface area contributed by atoms with Crippen LogP contribution >= 0.6 is 22.6 Å². The molecule has 1 aromatic carbocycles. The third-order valence-electron chi connectivity index (χ3n) is 2.32. The number of halogens is 3. The molecule has 1 heterocycles. The summed E-state index contributed by atoms with van der Waals surface area (Å²) in [6.45, 7) is 0. The fourth-order valence-electron chi connectivity index (χ4n) is 1.56. The molecular formula is C12H10F2IN3. The van der Waals surface area contributed by atoms with Crippen molar-refractivity contribution in [1.29, 1.82) is 0 Å². The molecule has 0 aliphatic carbocycles. The van der Waals surface area contributed by atoms with Crippen molar-refractivity contribution in [2.24, 2.45) is 0 Å². The third kappa shape index (κ3) is 3.12. The molecule has 0 aliphatic heterocycles. The fraction of sp³-hybridized carbons (Fsp3) is 0.167. The lowest BCUT2D eigenvalue weighted by Crippen LogP contribution is -2.03. The van der Waals surface area contributed by atoms with Crippen LogP contribution in [0.1, 0.15) is 11.4 Å². The van der Waals surface area contributed by atoms with Crippen molar-refractivity contribution in [3.63, 3.8) is 0 Å². The summed E-state index contributed by atoms with van der Waals surface area (Å²) in [5.74, 6) is 0.0379. The van der Waals surface area contributed by atoms with Crippen LogP contribution < -0.4 is 5.32 Å². The van der Waals surface area contributed by atoms with Gasteiger partial charge in [0, 0.05) is 25.7 Å². The maximum absolute atomic E-state index is 13.0. The first-order valence-electron chi connectivity index (χ1n) is 5.22. The van der Waals surface area contributed by atoms with Gasteiger partial charge in [-0.05, 0) is 40.3 Å². The van der Waals surface area contributed by atoms with E-state index in [-0.39, 0.29) is 0 Å². The summed E-state index contributed by atoms with van der Waals surface area (Å²) in [5, 5.41) is 2.94. The van der Waals surface area contributed by atoms with Crippen molar-refractivity contribution < 1.29 is 8.78 Å². The van der Waals surface area contributed by atoms with Crippen molar-refractivity contribution in [2.75, 3.05) is 12.4 Å². The van der Waals surface area contributed by atoms with Gasteiger partial charge < -0.3 is 5.32 Å². The van der Waals surface area contributed by atoms with Crippen LogP contribution in [0.4, 0.5) is 14.6 Å². The Balaban J connectivity index is 2.28. The minimum atomic E-state index is -0.593. The van der Waals surface area contributed by atoms with E-state index < -0.39 is 11.6 Å². The minimum absolute atomic E-state index is 0.292. The summed E-state index contributed by atoms with van der Waals surface area (Å²) in [6.07, 6.45) is 1.96. The Bertz CT molecular complexity index is 555. The molecule has 0 saturated heterocycles. The van der Waals surface area contributed by atoms with Gasteiger partial charge in [0.05, 0.1) is 3.57 Å². The number of hydrogen-bond acceptors (Lipinski definition) is 3. The summed E-state index contributed by atoms with van der Waals surface area (Å²) >= 11 is 2.11. The van der Waals surface area contributed by atoms with Gasteiger partial charge in [0.25, 0.3) is 0 Å².